The molecule has 0 aromatic heterocycles. The van der Waals surface area contributed by atoms with Crippen LogP contribution in [0.3, 0.4) is 0 Å². The first-order chi connectivity index (χ1) is 12.9. The molecule has 27 heavy (non-hydrogen) atoms. The Kier molecular flexibility index (Phi) is 5.46. The van der Waals surface area contributed by atoms with Crippen molar-refractivity contribution in [2.75, 3.05) is 12.4 Å². The van der Waals surface area contributed by atoms with Gasteiger partial charge in [0.15, 0.2) is 5.11 Å². The van der Waals surface area contributed by atoms with Gasteiger partial charge < -0.3 is 20.7 Å². The zero-order valence-corrected chi connectivity index (χ0v) is 16.7. The molecule has 1 aliphatic heterocycles. The molecule has 0 saturated carbocycles. The van der Waals surface area contributed by atoms with Crippen LogP contribution in [0.4, 0.5) is 5.69 Å². The summed E-state index contributed by atoms with van der Waals surface area (Å²) in [5.74, 6) is 0.594. The number of hydrogen-bond donors (Lipinski definition) is 3. The van der Waals surface area contributed by atoms with E-state index >= 15 is 0 Å². The summed E-state index contributed by atoms with van der Waals surface area (Å²) in [4.78, 5) is 13.1. The van der Waals surface area contributed by atoms with Crippen LogP contribution in [-0.4, -0.2) is 18.1 Å². The molecule has 0 radical (unpaired) electrons. The van der Waals surface area contributed by atoms with E-state index in [-0.39, 0.29) is 11.9 Å². The first-order valence-corrected chi connectivity index (χ1v) is 9.10. The van der Waals surface area contributed by atoms with Gasteiger partial charge in [-0.1, -0.05) is 18.2 Å². The summed E-state index contributed by atoms with van der Waals surface area (Å²) in [6.45, 7) is 5.93. The van der Waals surface area contributed by atoms with Crippen LogP contribution in [0.1, 0.15) is 29.7 Å². The summed E-state index contributed by atoms with van der Waals surface area (Å²) < 4.78 is 5.22. The Hall–Kier alpha value is -2.86. The highest BCUT2D eigenvalue weighted by Crippen LogP contribution is 2.29. The van der Waals surface area contributed by atoms with Gasteiger partial charge in [-0.25, -0.2) is 0 Å². The number of allylic oxidation sites excluding steroid dienone is 1. The molecule has 1 atom stereocenters. The lowest BCUT2D eigenvalue weighted by molar-refractivity contribution is -0.113. The molecule has 0 unspecified atom stereocenters. The molecule has 3 N–H and O–H groups in total. The van der Waals surface area contributed by atoms with Crippen molar-refractivity contribution in [3.8, 4) is 5.75 Å². The van der Waals surface area contributed by atoms with Crippen LogP contribution in [0.25, 0.3) is 0 Å². The second-order valence-corrected chi connectivity index (χ2v) is 7.00. The summed E-state index contributed by atoms with van der Waals surface area (Å²) in [5.41, 5.74) is 5.36. The number of amides is 1. The minimum Gasteiger partial charge on any atom is -0.497 e. The van der Waals surface area contributed by atoms with Gasteiger partial charge in [0.1, 0.15) is 5.75 Å². The van der Waals surface area contributed by atoms with Crippen LogP contribution >= 0.6 is 12.2 Å². The summed E-state index contributed by atoms with van der Waals surface area (Å²) in [5, 5.41) is 9.75. The highest BCUT2D eigenvalue weighted by molar-refractivity contribution is 7.80. The molecule has 1 aliphatic rings. The van der Waals surface area contributed by atoms with Gasteiger partial charge in [0.05, 0.1) is 18.7 Å². The van der Waals surface area contributed by atoms with Crippen LogP contribution in [0, 0.1) is 13.8 Å². The van der Waals surface area contributed by atoms with E-state index in [1.54, 1.807) is 7.11 Å². The van der Waals surface area contributed by atoms with Gasteiger partial charge in [0, 0.05) is 11.4 Å². The van der Waals surface area contributed by atoms with E-state index in [9.17, 15) is 4.79 Å². The number of hydrogen-bond acceptors (Lipinski definition) is 3. The molecule has 1 heterocycles. The van der Waals surface area contributed by atoms with Crippen molar-refractivity contribution < 1.29 is 9.53 Å². The molecule has 2 aromatic carbocycles. The van der Waals surface area contributed by atoms with Crippen molar-refractivity contribution >= 4 is 28.9 Å². The summed E-state index contributed by atoms with van der Waals surface area (Å²) in [6, 6.07) is 13.2. The van der Waals surface area contributed by atoms with E-state index in [0.717, 1.165) is 28.3 Å². The van der Waals surface area contributed by atoms with Gasteiger partial charge in [0.25, 0.3) is 5.91 Å². The molecule has 0 fully saturated rings. The molecule has 5 nitrogen and oxygen atoms in total. The van der Waals surface area contributed by atoms with E-state index in [1.165, 1.54) is 5.56 Å². The number of carbonyl (C=O) groups is 1. The Morgan fingerprint density at radius 1 is 1.07 bits per heavy atom. The minimum atomic E-state index is -0.337. The number of thiocarbonyl (C=S) groups is 1. The summed E-state index contributed by atoms with van der Waals surface area (Å²) in [7, 11) is 1.62. The smallest absolute Gasteiger partial charge is 0.255 e. The fourth-order valence-electron chi connectivity index (χ4n) is 3.06. The Labute approximate surface area is 164 Å². The largest absolute Gasteiger partial charge is 0.497 e. The third-order valence-corrected chi connectivity index (χ3v) is 4.95. The molecule has 6 heteroatoms. The minimum absolute atomic E-state index is 0.168. The third-order valence-electron chi connectivity index (χ3n) is 4.73. The van der Waals surface area contributed by atoms with Gasteiger partial charge in [-0.15, -0.1) is 0 Å². The number of aryl methyl sites for hydroxylation is 2. The Morgan fingerprint density at radius 3 is 2.41 bits per heavy atom. The van der Waals surface area contributed by atoms with Crippen LogP contribution in [0.2, 0.25) is 0 Å². The van der Waals surface area contributed by atoms with Crippen molar-refractivity contribution in [1.82, 2.24) is 10.6 Å². The van der Waals surface area contributed by atoms with Crippen molar-refractivity contribution in [3.63, 3.8) is 0 Å². The average Bonchev–Trinajstić information content (AvgIpc) is 2.64. The highest BCUT2D eigenvalue weighted by Gasteiger charge is 2.30. The number of ether oxygens (including phenoxy) is 1. The van der Waals surface area contributed by atoms with E-state index in [1.807, 2.05) is 63.2 Å². The number of anilines is 1. The van der Waals surface area contributed by atoms with E-state index in [0.29, 0.717) is 10.7 Å². The van der Waals surface area contributed by atoms with E-state index < -0.39 is 0 Å². The first-order valence-electron chi connectivity index (χ1n) is 8.70. The number of rotatable bonds is 4. The maximum absolute atomic E-state index is 13.1. The zero-order chi connectivity index (χ0) is 19.6. The van der Waals surface area contributed by atoms with Gasteiger partial charge in [-0.05, 0) is 73.9 Å². The molecule has 3 rings (SSSR count). The number of benzene rings is 2. The van der Waals surface area contributed by atoms with E-state index in [4.69, 9.17) is 17.0 Å². The number of methoxy groups -OCH3 is 1. The Morgan fingerprint density at radius 2 is 1.78 bits per heavy atom. The fourth-order valence-corrected chi connectivity index (χ4v) is 3.33. The third kappa shape index (κ3) is 4.11. The van der Waals surface area contributed by atoms with Gasteiger partial charge in [-0.3, -0.25) is 4.79 Å². The first kappa shape index (κ1) is 18.9. The molecule has 1 amide bonds. The number of carbonyl (C=O) groups excluding carboxylic acids is 1. The second-order valence-electron chi connectivity index (χ2n) is 6.60. The topological polar surface area (TPSA) is 62.4 Å². The molecule has 0 bridgehead atoms. The predicted octanol–water partition coefficient (Wildman–Crippen LogP) is 3.74. The van der Waals surface area contributed by atoms with Gasteiger partial charge >= 0.3 is 0 Å². The van der Waals surface area contributed by atoms with Crippen molar-refractivity contribution in [2.45, 2.75) is 26.8 Å². The molecule has 0 spiro atoms. The number of nitrogens with one attached hydrogen (secondary N) is 3. The lowest BCUT2D eigenvalue weighted by atomic mass is 9.94. The lowest BCUT2D eigenvalue weighted by Gasteiger charge is -2.30. The van der Waals surface area contributed by atoms with Gasteiger partial charge in [-0.2, -0.15) is 0 Å². The van der Waals surface area contributed by atoms with E-state index in [2.05, 4.69) is 16.0 Å². The van der Waals surface area contributed by atoms with Crippen molar-refractivity contribution in [1.29, 1.82) is 0 Å². The maximum Gasteiger partial charge on any atom is 0.255 e. The molecule has 0 saturated heterocycles. The Bertz CT molecular complexity index is 920. The summed E-state index contributed by atoms with van der Waals surface area (Å²) >= 11 is 5.30. The molecule has 140 valence electrons. The summed E-state index contributed by atoms with van der Waals surface area (Å²) in [6.07, 6.45) is 0. The normalized spacial score (nSPS) is 16.4. The van der Waals surface area contributed by atoms with Crippen molar-refractivity contribution in [2.24, 2.45) is 0 Å². The van der Waals surface area contributed by atoms with Crippen LogP contribution in [-0.2, 0) is 4.79 Å². The average molecular weight is 382 g/mol. The second kappa shape index (κ2) is 7.80. The van der Waals surface area contributed by atoms with Crippen molar-refractivity contribution in [3.05, 3.63) is 70.4 Å². The fraction of sp³-hybridized carbons (Fsp3) is 0.238. The van der Waals surface area contributed by atoms with Gasteiger partial charge in [0.2, 0.25) is 0 Å². The predicted molar refractivity (Wildman–Crippen MR) is 112 cm³/mol. The Balaban J connectivity index is 1.92. The molecular weight excluding hydrogens is 358 g/mol. The lowest BCUT2D eigenvalue weighted by Crippen LogP contribution is -2.45. The van der Waals surface area contributed by atoms with Crippen LogP contribution < -0.4 is 20.7 Å². The molecular formula is C21H23N3O2S. The quantitative estimate of drug-likeness (QED) is 0.704. The molecule has 2 aromatic rings. The monoisotopic (exact) mass is 381 g/mol. The maximum atomic E-state index is 13.1. The highest BCUT2D eigenvalue weighted by atomic mass is 32.1. The zero-order valence-electron chi connectivity index (χ0n) is 15.8. The standard InChI is InChI=1S/C21H23N3O2S/c1-12-5-8-16(11-13(12)2)23-20(25)18-14(3)22-21(27)24-19(18)15-6-9-17(26-4)10-7-15/h5-11,19H,1-4H3,(H,23,25)(H2,22,24,27)/t19-/m1/s1. The van der Waals surface area contributed by atoms with Crippen LogP contribution in [0.5, 0.6) is 5.75 Å². The van der Waals surface area contributed by atoms with Crippen LogP contribution in [0.15, 0.2) is 53.7 Å². The molecule has 0 aliphatic carbocycles. The SMILES string of the molecule is COc1ccc([C@H]2NC(=S)NC(C)=C2C(=O)Nc2ccc(C)c(C)c2)cc1.